The minimum Gasteiger partial charge on any atom is -0.481 e. The number of amides is 1. The number of carbonyl (C=O) groups is 1. The highest BCUT2D eigenvalue weighted by Crippen LogP contribution is 2.32. The van der Waals surface area contributed by atoms with E-state index < -0.39 is 17.3 Å². The highest BCUT2D eigenvalue weighted by Gasteiger charge is 2.34. The number of imidazole rings is 1. The number of nitrogens with zero attached hydrogens (tertiary/aromatic N) is 5. The second-order valence-corrected chi connectivity index (χ2v) is 11.3. The van der Waals surface area contributed by atoms with Gasteiger partial charge in [-0.1, -0.05) is 30.3 Å². The smallest absolute Gasteiger partial charge is 0.416 e. The first-order valence-corrected chi connectivity index (χ1v) is 14.3. The van der Waals surface area contributed by atoms with Crippen molar-refractivity contribution in [3.63, 3.8) is 0 Å². The van der Waals surface area contributed by atoms with Gasteiger partial charge in [0.15, 0.2) is 5.11 Å². The van der Waals surface area contributed by atoms with E-state index in [0.717, 1.165) is 11.6 Å². The molecule has 2 heterocycles. The molecule has 0 bridgehead atoms. The number of carbonyl (C=O) groups excluding carboxylic acids is 1. The Morgan fingerprint density at radius 1 is 1.09 bits per heavy atom. The fourth-order valence-electron chi connectivity index (χ4n) is 4.74. The molecule has 2 aromatic heterocycles. The van der Waals surface area contributed by atoms with Crippen LogP contribution in [0.25, 0.3) is 0 Å². The van der Waals surface area contributed by atoms with E-state index in [1.165, 1.54) is 25.4 Å². The SMILES string of the molecule is COc1ccc(NC(=S)N(Cc2ccccc2C(F)(F)F)CC(C)(C)NC(=O)Cc2cncn2Cc2ccc(C#N)cc2)cn1. The Bertz CT molecular complexity index is 1660. The predicted octanol–water partition coefficient (Wildman–Crippen LogP) is 5.56. The minimum absolute atomic E-state index is 0.0246. The molecule has 0 aliphatic heterocycles. The first kappa shape index (κ1) is 32.9. The number of nitriles is 1. The molecular weight excluding hydrogens is 603 g/mol. The van der Waals surface area contributed by atoms with Crippen molar-refractivity contribution in [1.29, 1.82) is 5.26 Å². The van der Waals surface area contributed by atoms with Crippen molar-refractivity contribution in [3.8, 4) is 11.9 Å². The molecule has 234 valence electrons. The maximum Gasteiger partial charge on any atom is 0.416 e. The lowest BCUT2D eigenvalue weighted by Crippen LogP contribution is -2.53. The molecule has 0 aliphatic carbocycles. The highest BCUT2D eigenvalue weighted by atomic mass is 32.1. The van der Waals surface area contributed by atoms with E-state index in [4.69, 9.17) is 22.2 Å². The van der Waals surface area contributed by atoms with Gasteiger partial charge in [-0.3, -0.25) is 4.79 Å². The standard InChI is InChI=1S/C32H32F3N7O2S/c1-31(2,40-28(43)14-26-17-37-21-42(26)18-23-10-8-22(15-36)9-11-23)20-41(19-24-6-4-5-7-27(24)32(33,34)35)30(45)39-25-12-13-29(44-3)38-16-25/h4-13,16-17,21H,14,18-20H2,1-3H3,(H,39,45)(H,40,43). The van der Waals surface area contributed by atoms with Crippen molar-refractivity contribution in [2.75, 3.05) is 19.0 Å². The third kappa shape index (κ3) is 9.26. The molecule has 0 saturated carbocycles. The summed E-state index contributed by atoms with van der Waals surface area (Å²) in [4.78, 5) is 23.2. The number of alkyl halides is 3. The number of hydrogen-bond donors (Lipinski definition) is 2. The van der Waals surface area contributed by atoms with Crippen LogP contribution in [0.5, 0.6) is 5.88 Å². The second-order valence-electron chi connectivity index (χ2n) is 11.0. The molecule has 0 radical (unpaired) electrons. The van der Waals surface area contributed by atoms with Gasteiger partial charge in [-0.05, 0) is 61.5 Å². The zero-order valence-corrected chi connectivity index (χ0v) is 25.7. The summed E-state index contributed by atoms with van der Waals surface area (Å²) < 4.78 is 48.5. The topological polar surface area (TPSA) is 108 Å². The third-order valence-electron chi connectivity index (χ3n) is 6.81. The maximum atomic E-state index is 13.8. The molecule has 0 spiro atoms. The summed E-state index contributed by atoms with van der Waals surface area (Å²) in [6.45, 7) is 3.94. The maximum absolute atomic E-state index is 13.8. The number of methoxy groups -OCH3 is 1. The molecule has 1 amide bonds. The van der Waals surface area contributed by atoms with E-state index in [9.17, 15) is 18.0 Å². The summed E-state index contributed by atoms with van der Waals surface area (Å²) in [6.07, 6.45) is 0.210. The molecule has 0 unspecified atom stereocenters. The van der Waals surface area contributed by atoms with Gasteiger partial charge in [0.1, 0.15) is 0 Å². The van der Waals surface area contributed by atoms with Gasteiger partial charge in [-0.2, -0.15) is 18.4 Å². The van der Waals surface area contributed by atoms with Crippen LogP contribution in [0.2, 0.25) is 0 Å². The zero-order chi connectivity index (χ0) is 32.6. The van der Waals surface area contributed by atoms with Crippen LogP contribution in [-0.4, -0.2) is 49.6 Å². The molecule has 45 heavy (non-hydrogen) atoms. The van der Waals surface area contributed by atoms with Gasteiger partial charge in [0.2, 0.25) is 11.8 Å². The van der Waals surface area contributed by atoms with Gasteiger partial charge < -0.3 is 24.8 Å². The van der Waals surface area contributed by atoms with Gasteiger partial charge in [-0.25, -0.2) is 9.97 Å². The number of rotatable bonds is 11. The van der Waals surface area contributed by atoms with Crippen molar-refractivity contribution in [3.05, 3.63) is 107 Å². The van der Waals surface area contributed by atoms with Crippen molar-refractivity contribution in [1.82, 2.24) is 24.8 Å². The third-order valence-corrected chi connectivity index (χ3v) is 7.17. The summed E-state index contributed by atoms with van der Waals surface area (Å²) in [5, 5.41) is 15.2. The molecule has 0 saturated heterocycles. The fraction of sp³-hybridized carbons (Fsp3) is 0.281. The molecule has 0 atom stereocenters. The van der Waals surface area contributed by atoms with Crippen molar-refractivity contribution in [2.24, 2.45) is 0 Å². The van der Waals surface area contributed by atoms with Crippen molar-refractivity contribution >= 4 is 28.9 Å². The molecule has 9 nitrogen and oxygen atoms in total. The van der Waals surface area contributed by atoms with Gasteiger partial charge in [0, 0.05) is 37.6 Å². The van der Waals surface area contributed by atoms with Crippen molar-refractivity contribution < 1.29 is 22.7 Å². The average molecular weight is 636 g/mol. The Balaban J connectivity index is 1.49. The summed E-state index contributed by atoms with van der Waals surface area (Å²) in [5.74, 6) is 0.0972. The van der Waals surface area contributed by atoms with E-state index in [-0.39, 0.29) is 36.1 Å². The van der Waals surface area contributed by atoms with Gasteiger partial charge in [0.25, 0.3) is 0 Å². The molecule has 0 fully saturated rings. The first-order chi connectivity index (χ1) is 21.4. The molecule has 2 aromatic carbocycles. The number of benzene rings is 2. The lowest BCUT2D eigenvalue weighted by Gasteiger charge is -2.35. The number of hydrogen-bond acceptors (Lipinski definition) is 6. The quantitative estimate of drug-likeness (QED) is 0.206. The molecular formula is C32H32F3N7O2S. The Morgan fingerprint density at radius 2 is 1.82 bits per heavy atom. The van der Waals surface area contributed by atoms with E-state index in [0.29, 0.717) is 29.4 Å². The Morgan fingerprint density at radius 3 is 2.47 bits per heavy atom. The average Bonchev–Trinajstić information content (AvgIpc) is 3.42. The Kier molecular flexibility index (Phi) is 10.4. The van der Waals surface area contributed by atoms with Gasteiger partial charge >= 0.3 is 6.18 Å². The Labute approximate surface area is 264 Å². The van der Waals surface area contributed by atoms with Crippen LogP contribution in [0.15, 0.2) is 79.4 Å². The second kappa shape index (κ2) is 14.2. The lowest BCUT2D eigenvalue weighted by atomic mass is 10.0. The highest BCUT2D eigenvalue weighted by molar-refractivity contribution is 7.80. The predicted molar refractivity (Wildman–Crippen MR) is 167 cm³/mol. The molecule has 2 N–H and O–H groups in total. The summed E-state index contributed by atoms with van der Waals surface area (Å²) >= 11 is 5.66. The molecule has 0 aliphatic rings. The van der Waals surface area contributed by atoms with Crippen molar-refractivity contribution in [2.45, 2.75) is 45.1 Å². The van der Waals surface area contributed by atoms with Crippen LogP contribution in [-0.2, 0) is 30.5 Å². The number of pyridine rings is 1. The largest absolute Gasteiger partial charge is 0.481 e. The summed E-state index contributed by atoms with van der Waals surface area (Å²) in [5.41, 5.74) is 1.05. The normalized spacial score (nSPS) is 11.4. The van der Waals surface area contributed by atoms with Crippen LogP contribution in [0, 0.1) is 11.3 Å². The van der Waals surface area contributed by atoms with Crippen LogP contribution >= 0.6 is 12.2 Å². The fourth-order valence-corrected chi connectivity index (χ4v) is 4.99. The minimum atomic E-state index is -4.55. The zero-order valence-electron chi connectivity index (χ0n) is 24.9. The number of aromatic nitrogens is 3. The van der Waals surface area contributed by atoms with Crippen LogP contribution in [0.4, 0.5) is 18.9 Å². The number of halogens is 3. The van der Waals surface area contributed by atoms with Crippen LogP contribution in [0.1, 0.15) is 41.8 Å². The molecule has 4 rings (SSSR count). The van der Waals surface area contributed by atoms with Gasteiger partial charge in [0.05, 0.1) is 54.5 Å². The molecule has 4 aromatic rings. The number of anilines is 1. The first-order valence-electron chi connectivity index (χ1n) is 13.9. The van der Waals surface area contributed by atoms with Crippen LogP contribution < -0.4 is 15.4 Å². The summed E-state index contributed by atoms with van der Waals surface area (Å²) in [7, 11) is 1.49. The monoisotopic (exact) mass is 635 g/mol. The number of ether oxygens (including phenoxy) is 1. The number of nitrogens with one attached hydrogen (secondary N) is 2. The van der Waals surface area contributed by atoms with E-state index in [1.807, 2.05) is 16.7 Å². The van der Waals surface area contributed by atoms with E-state index in [1.54, 1.807) is 61.6 Å². The number of thiocarbonyl (C=S) groups is 1. The van der Waals surface area contributed by atoms with E-state index >= 15 is 0 Å². The lowest BCUT2D eigenvalue weighted by molar-refractivity contribution is -0.138. The summed E-state index contributed by atoms with van der Waals surface area (Å²) in [6, 6.07) is 17.9. The Hall–Kier alpha value is -4.96. The van der Waals surface area contributed by atoms with Crippen LogP contribution in [0.3, 0.4) is 0 Å². The van der Waals surface area contributed by atoms with E-state index in [2.05, 4.69) is 26.7 Å². The molecule has 13 heteroatoms. The van der Waals surface area contributed by atoms with Gasteiger partial charge in [-0.15, -0.1) is 0 Å².